The molecule has 2 aliphatic heterocycles. The quantitative estimate of drug-likeness (QED) is 0.505. The van der Waals surface area contributed by atoms with Crippen molar-refractivity contribution in [3.63, 3.8) is 0 Å². The zero-order chi connectivity index (χ0) is 18.5. The molecule has 1 fully saturated rings. The summed E-state index contributed by atoms with van der Waals surface area (Å²) in [7, 11) is 0. The van der Waals surface area contributed by atoms with Crippen molar-refractivity contribution in [2.45, 2.75) is 18.1 Å². The highest BCUT2D eigenvalue weighted by molar-refractivity contribution is 8.23. The first-order valence-corrected chi connectivity index (χ1v) is 10.3. The highest BCUT2D eigenvalue weighted by atomic mass is 35.5. The van der Waals surface area contributed by atoms with E-state index in [0.29, 0.717) is 26.0 Å². The average molecular weight is 428 g/mol. The van der Waals surface area contributed by atoms with Crippen molar-refractivity contribution in [2.75, 3.05) is 11.1 Å². The molecule has 11 heteroatoms. The van der Waals surface area contributed by atoms with Crippen molar-refractivity contribution in [1.29, 1.82) is 0 Å². The summed E-state index contributed by atoms with van der Waals surface area (Å²) in [4.78, 5) is 28.3. The third-order valence-electron chi connectivity index (χ3n) is 3.35. The average Bonchev–Trinajstić information content (AvgIpc) is 2.95. The summed E-state index contributed by atoms with van der Waals surface area (Å²) < 4.78 is 0.568. The monoisotopic (exact) mass is 427 g/mol. The Hall–Kier alpha value is -1.62. The van der Waals surface area contributed by atoms with Gasteiger partial charge in [0.05, 0.1) is 0 Å². The molecule has 2 amide bonds. The molecule has 2 aliphatic rings. The molecule has 0 aromatic heterocycles. The van der Waals surface area contributed by atoms with Crippen LogP contribution in [0.4, 0.5) is 5.69 Å². The second-order valence-corrected chi connectivity index (χ2v) is 8.66. The minimum absolute atomic E-state index is 0.0415. The predicted molar refractivity (Wildman–Crippen MR) is 112 cm³/mol. The van der Waals surface area contributed by atoms with Crippen molar-refractivity contribution in [2.24, 2.45) is 10.1 Å². The van der Waals surface area contributed by atoms with Crippen LogP contribution in [0.25, 0.3) is 0 Å². The van der Waals surface area contributed by atoms with Crippen LogP contribution in [0.2, 0.25) is 5.02 Å². The van der Waals surface area contributed by atoms with E-state index in [4.69, 9.17) is 23.8 Å². The molecule has 0 bridgehead atoms. The van der Waals surface area contributed by atoms with Gasteiger partial charge >= 0.3 is 0 Å². The second-order valence-electron chi connectivity index (χ2n) is 5.31. The minimum Gasteiger partial charge on any atom is -0.326 e. The molecule has 0 radical (unpaired) electrons. The fourth-order valence-corrected chi connectivity index (χ4v) is 4.19. The SMILES string of the molecule is O=C(CC1S/C(=N/NC2=NC(=S)SCC2)NC1=O)Nc1ccc(Cl)cc1. The number of rotatable bonds is 4. The van der Waals surface area contributed by atoms with E-state index in [1.165, 1.54) is 23.5 Å². The Kier molecular flexibility index (Phi) is 6.52. The zero-order valence-corrected chi connectivity index (χ0v) is 16.5. The number of amidine groups is 2. The van der Waals surface area contributed by atoms with E-state index in [1.54, 1.807) is 24.3 Å². The fraction of sp³-hybridized carbons (Fsp3) is 0.267. The number of thiocarbonyl (C=S) groups is 1. The minimum atomic E-state index is -0.534. The molecule has 1 unspecified atom stereocenters. The Morgan fingerprint density at radius 2 is 2.19 bits per heavy atom. The first kappa shape index (κ1) is 19.2. The summed E-state index contributed by atoms with van der Waals surface area (Å²) in [6, 6.07) is 6.77. The largest absolute Gasteiger partial charge is 0.326 e. The molecule has 136 valence electrons. The number of hydrogen-bond donors (Lipinski definition) is 3. The molecule has 2 heterocycles. The molecule has 0 spiro atoms. The number of nitrogens with zero attached hydrogens (tertiary/aromatic N) is 2. The van der Waals surface area contributed by atoms with Crippen LogP contribution in [-0.2, 0) is 9.59 Å². The highest BCUT2D eigenvalue weighted by Crippen LogP contribution is 2.23. The Morgan fingerprint density at radius 3 is 2.92 bits per heavy atom. The van der Waals surface area contributed by atoms with Gasteiger partial charge in [-0.1, -0.05) is 47.3 Å². The third-order valence-corrected chi connectivity index (χ3v) is 5.88. The maximum atomic E-state index is 12.1. The highest BCUT2D eigenvalue weighted by Gasteiger charge is 2.32. The van der Waals surface area contributed by atoms with E-state index in [9.17, 15) is 9.59 Å². The lowest BCUT2D eigenvalue weighted by Crippen LogP contribution is -2.29. The number of aliphatic imine (C=N–C) groups is 1. The third kappa shape index (κ3) is 5.44. The van der Waals surface area contributed by atoms with Crippen LogP contribution in [0.1, 0.15) is 12.8 Å². The number of carbonyl (C=O) groups excluding carboxylic acids is 2. The number of carbonyl (C=O) groups is 2. The number of hydrazone groups is 1. The van der Waals surface area contributed by atoms with Crippen molar-refractivity contribution in [3.05, 3.63) is 29.3 Å². The van der Waals surface area contributed by atoms with Gasteiger partial charge in [0.1, 0.15) is 11.1 Å². The number of hydrogen-bond acceptors (Lipinski definition) is 7. The van der Waals surface area contributed by atoms with Crippen LogP contribution in [0.3, 0.4) is 0 Å². The molecule has 26 heavy (non-hydrogen) atoms. The van der Waals surface area contributed by atoms with Crippen molar-refractivity contribution < 1.29 is 9.59 Å². The molecule has 3 N–H and O–H groups in total. The lowest BCUT2D eigenvalue weighted by molar-refractivity contribution is -0.122. The molecule has 7 nitrogen and oxygen atoms in total. The smallest absolute Gasteiger partial charge is 0.240 e. The van der Waals surface area contributed by atoms with Gasteiger partial charge in [-0.15, -0.1) is 5.10 Å². The number of amides is 2. The maximum Gasteiger partial charge on any atom is 0.240 e. The Balaban J connectivity index is 1.52. The van der Waals surface area contributed by atoms with Crippen LogP contribution in [0, 0.1) is 0 Å². The van der Waals surface area contributed by atoms with Gasteiger partial charge in [0.2, 0.25) is 11.8 Å². The normalized spacial score (nSPS) is 21.3. The van der Waals surface area contributed by atoms with E-state index in [0.717, 1.165) is 12.2 Å². The van der Waals surface area contributed by atoms with E-state index in [2.05, 4.69) is 26.2 Å². The number of benzene rings is 1. The lowest BCUT2D eigenvalue weighted by atomic mass is 10.2. The van der Waals surface area contributed by atoms with Gasteiger partial charge in [0.25, 0.3) is 0 Å². The maximum absolute atomic E-state index is 12.1. The Labute approximate surface area is 168 Å². The van der Waals surface area contributed by atoms with Crippen molar-refractivity contribution in [1.82, 2.24) is 10.7 Å². The number of thioether (sulfide) groups is 2. The summed E-state index contributed by atoms with van der Waals surface area (Å²) in [6.45, 7) is 0. The molecular weight excluding hydrogens is 414 g/mol. The number of halogens is 1. The van der Waals surface area contributed by atoms with E-state index < -0.39 is 5.25 Å². The molecule has 0 saturated carbocycles. The molecule has 1 atom stereocenters. The van der Waals surface area contributed by atoms with Crippen LogP contribution in [-0.4, -0.2) is 38.1 Å². The van der Waals surface area contributed by atoms with Crippen LogP contribution < -0.4 is 16.1 Å². The summed E-state index contributed by atoms with van der Waals surface area (Å²) in [5, 5.41) is 9.99. The second kappa shape index (κ2) is 8.85. The Bertz CT molecular complexity index is 797. The van der Waals surface area contributed by atoms with Crippen molar-refractivity contribution >= 4 is 80.2 Å². The zero-order valence-electron chi connectivity index (χ0n) is 13.3. The van der Waals surface area contributed by atoms with E-state index in [1.807, 2.05) is 0 Å². The number of anilines is 1. The summed E-state index contributed by atoms with van der Waals surface area (Å²) >= 11 is 13.6. The molecule has 1 saturated heterocycles. The van der Waals surface area contributed by atoms with Crippen LogP contribution in [0.15, 0.2) is 34.4 Å². The lowest BCUT2D eigenvalue weighted by Gasteiger charge is -2.10. The fourth-order valence-electron chi connectivity index (χ4n) is 2.14. The van der Waals surface area contributed by atoms with Gasteiger partial charge in [-0.05, 0) is 24.3 Å². The molecular formula is C15H14ClN5O2S3. The summed E-state index contributed by atoms with van der Waals surface area (Å²) in [5.41, 5.74) is 3.45. The van der Waals surface area contributed by atoms with E-state index in [-0.39, 0.29) is 18.2 Å². The van der Waals surface area contributed by atoms with Gasteiger partial charge in [0.15, 0.2) is 9.49 Å². The first-order valence-electron chi connectivity index (χ1n) is 7.60. The molecule has 1 aromatic carbocycles. The predicted octanol–water partition coefficient (Wildman–Crippen LogP) is 2.58. The Morgan fingerprint density at radius 1 is 1.42 bits per heavy atom. The van der Waals surface area contributed by atoms with Gasteiger partial charge in [0, 0.05) is 29.3 Å². The van der Waals surface area contributed by atoms with Gasteiger partial charge in [-0.3, -0.25) is 15.0 Å². The van der Waals surface area contributed by atoms with Gasteiger partial charge in [-0.25, -0.2) is 4.99 Å². The van der Waals surface area contributed by atoms with E-state index >= 15 is 0 Å². The summed E-state index contributed by atoms with van der Waals surface area (Å²) in [6.07, 6.45) is 0.771. The van der Waals surface area contributed by atoms with Crippen LogP contribution >= 0.6 is 47.3 Å². The molecule has 3 rings (SSSR count). The van der Waals surface area contributed by atoms with Crippen molar-refractivity contribution in [3.8, 4) is 0 Å². The standard InChI is InChI=1S/C15H14ClN5O2S3/c16-8-1-3-9(4-2-8)17-12(22)7-10-13(23)19-14(26-10)21-20-11-5-6-25-15(24)18-11/h1-4,10H,5-7H2,(H,17,22)(H,18,20,24)(H,19,21,23). The first-order chi connectivity index (χ1) is 12.5. The van der Waals surface area contributed by atoms with Gasteiger partial charge in [-0.2, -0.15) is 0 Å². The topological polar surface area (TPSA) is 94.9 Å². The number of nitrogens with one attached hydrogen (secondary N) is 3. The summed E-state index contributed by atoms with van der Waals surface area (Å²) in [5.74, 6) is 1.01. The van der Waals surface area contributed by atoms with Gasteiger partial charge < -0.3 is 10.6 Å². The molecule has 0 aliphatic carbocycles. The molecule has 1 aromatic rings. The van der Waals surface area contributed by atoms with Crippen LogP contribution in [0.5, 0.6) is 0 Å².